The van der Waals surface area contributed by atoms with Crippen LogP contribution in [0.15, 0.2) is 29.3 Å². The molecule has 1 aromatic carbocycles. The highest BCUT2D eigenvalue weighted by Gasteiger charge is 2.23. The second-order valence-electron chi connectivity index (χ2n) is 7.80. The van der Waals surface area contributed by atoms with E-state index in [0.29, 0.717) is 6.04 Å². The van der Waals surface area contributed by atoms with Gasteiger partial charge in [-0.05, 0) is 43.5 Å². The lowest BCUT2D eigenvalue weighted by Gasteiger charge is -2.33. The van der Waals surface area contributed by atoms with Crippen LogP contribution in [0.2, 0.25) is 0 Å². The number of nitrogens with zero attached hydrogens (tertiary/aromatic N) is 2. The van der Waals surface area contributed by atoms with Crippen molar-refractivity contribution in [1.29, 1.82) is 0 Å². The first-order valence-corrected chi connectivity index (χ1v) is 9.82. The van der Waals surface area contributed by atoms with Crippen LogP contribution in [-0.2, 0) is 5.41 Å². The van der Waals surface area contributed by atoms with E-state index >= 15 is 0 Å². The predicted octanol–water partition coefficient (Wildman–Crippen LogP) is 3.63. The molecule has 0 radical (unpaired) electrons. The van der Waals surface area contributed by atoms with Crippen LogP contribution in [0.4, 0.5) is 0 Å². The Kier molecular flexibility index (Phi) is 10.4. The first-order chi connectivity index (χ1) is 12.5. The van der Waals surface area contributed by atoms with Gasteiger partial charge in [-0.2, -0.15) is 0 Å². The second kappa shape index (κ2) is 11.7. The largest absolute Gasteiger partial charge is 0.497 e. The van der Waals surface area contributed by atoms with Gasteiger partial charge in [-0.15, -0.1) is 24.0 Å². The molecular formula is C21H37IN4O. The SMILES string of the molecule is CCCN1CCC(NC(=NC)NCC(C)(C)c2cccc(OC)c2)CC1.I. The topological polar surface area (TPSA) is 48.9 Å². The van der Waals surface area contributed by atoms with Gasteiger partial charge < -0.3 is 20.3 Å². The summed E-state index contributed by atoms with van der Waals surface area (Å²) in [5, 5.41) is 7.12. The molecule has 2 rings (SSSR count). The van der Waals surface area contributed by atoms with Crippen molar-refractivity contribution in [3.8, 4) is 5.75 Å². The third-order valence-electron chi connectivity index (χ3n) is 5.24. The number of benzene rings is 1. The second-order valence-corrected chi connectivity index (χ2v) is 7.80. The van der Waals surface area contributed by atoms with Crippen LogP contribution >= 0.6 is 24.0 Å². The Bertz CT molecular complexity index is 583. The molecule has 6 heteroatoms. The standard InChI is InChI=1S/C21H36N4O.HI/c1-6-12-25-13-10-18(11-14-25)24-20(22-4)23-16-21(2,3)17-8-7-9-19(15-17)26-5;/h7-9,15,18H,6,10-14,16H2,1-5H3,(H2,22,23,24);1H. The number of guanidine groups is 1. The highest BCUT2D eigenvalue weighted by atomic mass is 127. The number of halogens is 1. The first kappa shape index (κ1) is 24.0. The number of likely N-dealkylation sites (tertiary alicyclic amines) is 1. The van der Waals surface area contributed by atoms with Crippen LogP contribution in [0.5, 0.6) is 5.75 Å². The Morgan fingerprint density at radius 3 is 2.59 bits per heavy atom. The van der Waals surface area contributed by atoms with Crippen molar-refractivity contribution >= 4 is 29.9 Å². The van der Waals surface area contributed by atoms with Gasteiger partial charge >= 0.3 is 0 Å². The fourth-order valence-corrected chi connectivity index (χ4v) is 3.46. The summed E-state index contributed by atoms with van der Waals surface area (Å²) in [5.41, 5.74) is 1.24. The normalized spacial score (nSPS) is 16.6. The fraction of sp³-hybridized carbons (Fsp3) is 0.667. The average molecular weight is 488 g/mol. The fourth-order valence-electron chi connectivity index (χ4n) is 3.46. The van der Waals surface area contributed by atoms with E-state index in [2.05, 4.69) is 53.4 Å². The van der Waals surface area contributed by atoms with Crippen molar-refractivity contribution < 1.29 is 4.74 Å². The van der Waals surface area contributed by atoms with Crippen molar-refractivity contribution in [1.82, 2.24) is 15.5 Å². The highest BCUT2D eigenvalue weighted by Crippen LogP contribution is 2.25. The van der Waals surface area contributed by atoms with Gasteiger partial charge in [0.15, 0.2) is 5.96 Å². The zero-order valence-electron chi connectivity index (χ0n) is 17.5. The van der Waals surface area contributed by atoms with Crippen molar-refractivity contribution in [2.45, 2.75) is 51.5 Å². The van der Waals surface area contributed by atoms with Crippen LogP contribution < -0.4 is 15.4 Å². The molecule has 0 aromatic heterocycles. The minimum Gasteiger partial charge on any atom is -0.497 e. The summed E-state index contributed by atoms with van der Waals surface area (Å²) in [7, 11) is 3.56. The minimum absolute atomic E-state index is 0. The van der Waals surface area contributed by atoms with Crippen molar-refractivity contribution in [3.63, 3.8) is 0 Å². The van der Waals surface area contributed by atoms with E-state index in [9.17, 15) is 0 Å². The van der Waals surface area contributed by atoms with Gasteiger partial charge in [0, 0.05) is 38.1 Å². The number of piperidine rings is 1. The van der Waals surface area contributed by atoms with Gasteiger partial charge in [-0.25, -0.2) is 0 Å². The molecule has 5 nitrogen and oxygen atoms in total. The van der Waals surface area contributed by atoms with E-state index in [0.717, 1.165) is 18.3 Å². The van der Waals surface area contributed by atoms with Crippen LogP contribution in [0.3, 0.4) is 0 Å². The molecule has 0 spiro atoms. The Labute approximate surface area is 182 Å². The molecule has 2 N–H and O–H groups in total. The van der Waals surface area contributed by atoms with E-state index < -0.39 is 0 Å². The minimum atomic E-state index is -0.0172. The van der Waals surface area contributed by atoms with E-state index in [1.54, 1.807) is 7.11 Å². The van der Waals surface area contributed by atoms with Gasteiger partial charge in [-0.3, -0.25) is 4.99 Å². The molecule has 0 aliphatic carbocycles. The Balaban J connectivity index is 0.00000364. The molecule has 0 bridgehead atoms. The van der Waals surface area contributed by atoms with Gasteiger partial charge in [0.05, 0.1) is 7.11 Å². The molecule has 1 aromatic rings. The maximum Gasteiger partial charge on any atom is 0.191 e. The van der Waals surface area contributed by atoms with Crippen molar-refractivity contribution in [2.24, 2.45) is 4.99 Å². The number of nitrogens with one attached hydrogen (secondary N) is 2. The highest BCUT2D eigenvalue weighted by molar-refractivity contribution is 14.0. The third-order valence-corrected chi connectivity index (χ3v) is 5.24. The molecule has 0 saturated carbocycles. The van der Waals surface area contributed by atoms with E-state index in [1.165, 1.54) is 44.5 Å². The maximum atomic E-state index is 5.36. The summed E-state index contributed by atoms with van der Waals surface area (Å²) in [6.07, 6.45) is 3.60. The van der Waals surface area contributed by atoms with Crippen molar-refractivity contribution in [3.05, 3.63) is 29.8 Å². The van der Waals surface area contributed by atoms with E-state index in [-0.39, 0.29) is 29.4 Å². The Morgan fingerprint density at radius 2 is 2.00 bits per heavy atom. The van der Waals surface area contributed by atoms with Gasteiger partial charge in [0.25, 0.3) is 0 Å². The molecule has 1 heterocycles. The summed E-state index contributed by atoms with van der Waals surface area (Å²) in [6.45, 7) is 11.1. The summed E-state index contributed by atoms with van der Waals surface area (Å²) in [6, 6.07) is 8.81. The summed E-state index contributed by atoms with van der Waals surface area (Å²) < 4.78 is 5.36. The molecule has 154 valence electrons. The molecule has 1 aliphatic heterocycles. The first-order valence-electron chi connectivity index (χ1n) is 9.82. The Morgan fingerprint density at radius 1 is 1.30 bits per heavy atom. The maximum absolute atomic E-state index is 5.36. The molecular weight excluding hydrogens is 451 g/mol. The lowest BCUT2D eigenvalue weighted by molar-refractivity contribution is 0.206. The Hall–Kier alpha value is -1.02. The number of methoxy groups -OCH3 is 1. The molecule has 0 unspecified atom stereocenters. The number of hydrogen-bond acceptors (Lipinski definition) is 3. The van der Waals surface area contributed by atoms with Crippen LogP contribution in [0.25, 0.3) is 0 Å². The molecule has 1 aliphatic rings. The zero-order chi connectivity index (χ0) is 19.0. The number of ether oxygens (including phenoxy) is 1. The van der Waals surface area contributed by atoms with E-state index in [4.69, 9.17) is 4.74 Å². The molecule has 1 fully saturated rings. The number of aliphatic imine (C=N–C) groups is 1. The average Bonchev–Trinajstić information content (AvgIpc) is 2.66. The van der Waals surface area contributed by atoms with Gasteiger partial charge in [0.1, 0.15) is 5.75 Å². The monoisotopic (exact) mass is 488 g/mol. The van der Waals surface area contributed by atoms with Crippen molar-refractivity contribution in [2.75, 3.05) is 40.3 Å². The molecule has 0 atom stereocenters. The van der Waals surface area contributed by atoms with Crippen LogP contribution in [-0.4, -0.2) is 57.2 Å². The molecule has 0 amide bonds. The van der Waals surface area contributed by atoms with Gasteiger partial charge in [0.2, 0.25) is 0 Å². The molecule has 27 heavy (non-hydrogen) atoms. The third kappa shape index (κ3) is 7.49. The van der Waals surface area contributed by atoms with Crippen LogP contribution in [0, 0.1) is 0 Å². The number of rotatable bonds is 7. The zero-order valence-corrected chi connectivity index (χ0v) is 19.9. The number of hydrogen-bond donors (Lipinski definition) is 2. The molecule has 1 saturated heterocycles. The smallest absolute Gasteiger partial charge is 0.191 e. The van der Waals surface area contributed by atoms with Gasteiger partial charge in [-0.1, -0.05) is 32.9 Å². The summed E-state index contributed by atoms with van der Waals surface area (Å²) in [5.74, 6) is 1.80. The predicted molar refractivity (Wildman–Crippen MR) is 126 cm³/mol. The van der Waals surface area contributed by atoms with E-state index in [1.807, 2.05) is 19.2 Å². The quantitative estimate of drug-likeness (QED) is 0.350. The summed E-state index contributed by atoms with van der Waals surface area (Å²) in [4.78, 5) is 6.98. The lowest BCUT2D eigenvalue weighted by Crippen LogP contribution is -2.50. The summed E-state index contributed by atoms with van der Waals surface area (Å²) >= 11 is 0. The lowest BCUT2D eigenvalue weighted by atomic mass is 9.84. The van der Waals surface area contributed by atoms with Crippen LogP contribution in [0.1, 0.15) is 45.6 Å².